The Balaban J connectivity index is 1.46. The highest BCUT2D eigenvalue weighted by atomic mass is 35.5. The molecule has 1 aromatic carbocycles. The van der Waals surface area contributed by atoms with E-state index in [4.69, 9.17) is 11.6 Å². The summed E-state index contributed by atoms with van der Waals surface area (Å²) in [4.78, 5) is 23.2. The smallest absolute Gasteiger partial charge is 0.315 e. The molecule has 2 heterocycles. The van der Waals surface area contributed by atoms with E-state index >= 15 is 0 Å². The summed E-state index contributed by atoms with van der Waals surface area (Å²) < 4.78 is 38.0. The molecule has 0 unspecified atom stereocenters. The molecule has 10 heteroatoms. The number of halogens is 2. The van der Waals surface area contributed by atoms with Crippen LogP contribution in [0.4, 0.5) is 14.9 Å². The molecule has 0 saturated carbocycles. The van der Waals surface area contributed by atoms with Crippen LogP contribution in [0.3, 0.4) is 0 Å². The monoisotopic (exact) mass is 403 g/mol. The van der Waals surface area contributed by atoms with Gasteiger partial charge in [-0.05, 0) is 31.0 Å². The highest BCUT2D eigenvalue weighted by molar-refractivity contribution is 7.92. The van der Waals surface area contributed by atoms with E-state index in [0.717, 1.165) is 6.07 Å². The molecule has 3 N–H and O–H groups in total. The molecule has 0 aliphatic carbocycles. The summed E-state index contributed by atoms with van der Waals surface area (Å²) >= 11 is 5.66. The van der Waals surface area contributed by atoms with Crippen LogP contribution in [0.2, 0.25) is 5.02 Å². The Hall–Kier alpha value is -1.87. The predicted octanol–water partition coefficient (Wildman–Crippen LogP) is 1.83. The third-order valence-corrected chi connectivity index (χ3v) is 7.18. The average molecular weight is 404 g/mol. The lowest BCUT2D eigenvalue weighted by molar-refractivity contribution is -0.116. The average Bonchev–Trinajstić information content (AvgIpc) is 2.99. The van der Waals surface area contributed by atoms with Gasteiger partial charge in [0.25, 0.3) is 0 Å². The number of carbonyl (C=O) groups is 2. The van der Waals surface area contributed by atoms with Crippen molar-refractivity contribution < 1.29 is 22.4 Å². The molecule has 0 bridgehead atoms. The van der Waals surface area contributed by atoms with Gasteiger partial charge in [0.1, 0.15) is 5.82 Å². The van der Waals surface area contributed by atoms with Crippen LogP contribution in [-0.2, 0) is 14.6 Å². The first-order chi connectivity index (χ1) is 12.3. The van der Waals surface area contributed by atoms with Crippen LogP contribution in [0.5, 0.6) is 0 Å². The molecule has 0 radical (unpaired) electrons. The van der Waals surface area contributed by atoms with Crippen molar-refractivity contribution >= 4 is 39.1 Å². The third kappa shape index (κ3) is 4.09. The molecule has 3 rings (SSSR count). The normalized spacial score (nSPS) is 26.1. The van der Waals surface area contributed by atoms with E-state index in [1.165, 1.54) is 12.1 Å². The standard InChI is InChI=1S/C16H19ClFN3O4S/c17-9-5-6-11(10(18)7-9)19-14(22)4-2-1-3-13-15-12(8-26(13,24)25)20-16(23)21-15/h5-7,12-13,15H,1-4,8H2,(H,19,22)(H2,20,21,23)/t12-,13-,15+/m1/s1. The molecule has 3 amide bonds. The zero-order chi connectivity index (χ0) is 18.9. The first-order valence-corrected chi connectivity index (χ1v) is 10.4. The van der Waals surface area contributed by atoms with Gasteiger partial charge in [-0.15, -0.1) is 0 Å². The topological polar surface area (TPSA) is 104 Å². The van der Waals surface area contributed by atoms with Crippen molar-refractivity contribution in [2.75, 3.05) is 11.1 Å². The van der Waals surface area contributed by atoms with E-state index in [1.54, 1.807) is 0 Å². The number of rotatable bonds is 6. The maximum absolute atomic E-state index is 13.6. The van der Waals surface area contributed by atoms with Gasteiger partial charge < -0.3 is 16.0 Å². The summed E-state index contributed by atoms with van der Waals surface area (Å²) in [5.74, 6) is -1.02. The van der Waals surface area contributed by atoms with Crippen molar-refractivity contribution in [1.29, 1.82) is 0 Å². The quantitative estimate of drug-likeness (QED) is 0.497. The Kier molecular flexibility index (Phi) is 5.38. The molecule has 142 valence electrons. The Morgan fingerprint density at radius 2 is 2.08 bits per heavy atom. The van der Waals surface area contributed by atoms with E-state index in [1.807, 2.05) is 0 Å². The largest absolute Gasteiger partial charge is 0.332 e. The zero-order valence-corrected chi connectivity index (χ0v) is 15.4. The lowest BCUT2D eigenvalue weighted by Crippen LogP contribution is -2.39. The number of sulfone groups is 1. The summed E-state index contributed by atoms with van der Waals surface area (Å²) in [5, 5.41) is 7.33. The number of hydrogen-bond donors (Lipinski definition) is 3. The highest BCUT2D eigenvalue weighted by Gasteiger charge is 2.51. The van der Waals surface area contributed by atoms with E-state index in [-0.39, 0.29) is 40.9 Å². The first kappa shape index (κ1) is 18.9. The molecule has 0 spiro atoms. The molecule has 2 aliphatic heterocycles. The van der Waals surface area contributed by atoms with Gasteiger partial charge in [-0.2, -0.15) is 0 Å². The van der Waals surface area contributed by atoms with Crippen LogP contribution >= 0.6 is 11.6 Å². The maximum Gasteiger partial charge on any atom is 0.315 e. The predicted molar refractivity (Wildman–Crippen MR) is 95.3 cm³/mol. The Morgan fingerprint density at radius 3 is 2.81 bits per heavy atom. The number of hydrogen-bond acceptors (Lipinski definition) is 4. The highest BCUT2D eigenvalue weighted by Crippen LogP contribution is 2.28. The SMILES string of the molecule is O=C(CCCC[C@@H]1[C@H]2NC(=O)N[C@@H]2CS1(=O)=O)Nc1ccc(Cl)cc1F. The third-order valence-electron chi connectivity index (χ3n) is 4.67. The lowest BCUT2D eigenvalue weighted by Gasteiger charge is -2.16. The Morgan fingerprint density at radius 1 is 1.31 bits per heavy atom. The minimum Gasteiger partial charge on any atom is -0.332 e. The second kappa shape index (κ2) is 7.40. The molecule has 1 aromatic rings. The minimum absolute atomic E-state index is 0.0559. The molecule has 7 nitrogen and oxygen atoms in total. The Bertz CT molecular complexity index is 833. The fourth-order valence-corrected chi connectivity index (χ4v) is 5.87. The zero-order valence-electron chi connectivity index (χ0n) is 13.8. The van der Waals surface area contributed by atoms with E-state index in [0.29, 0.717) is 19.3 Å². The number of fused-ring (bicyclic) bond motifs is 1. The number of anilines is 1. The molecule has 2 fully saturated rings. The number of benzene rings is 1. The number of amides is 3. The van der Waals surface area contributed by atoms with Crippen molar-refractivity contribution in [2.24, 2.45) is 0 Å². The van der Waals surface area contributed by atoms with E-state index in [2.05, 4.69) is 16.0 Å². The number of unbranched alkanes of at least 4 members (excludes halogenated alkanes) is 1. The van der Waals surface area contributed by atoms with Gasteiger partial charge in [0, 0.05) is 11.4 Å². The van der Waals surface area contributed by atoms with Crippen molar-refractivity contribution in [3.63, 3.8) is 0 Å². The van der Waals surface area contributed by atoms with Crippen LogP contribution < -0.4 is 16.0 Å². The second-order valence-corrected chi connectivity index (χ2v) is 9.24. The van der Waals surface area contributed by atoms with Gasteiger partial charge >= 0.3 is 6.03 Å². The van der Waals surface area contributed by atoms with Gasteiger partial charge in [0.05, 0.1) is 28.8 Å². The molecular formula is C16H19ClFN3O4S. The number of carbonyl (C=O) groups excluding carboxylic acids is 2. The fraction of sp³-hybridized carbons (Fsp3) is 0.500. The summed E-state index contributed by atoms with van der Waals surface area (Å²) in [5.41, 5.74) is 0.0559. The van der Waals surface area contributed by atoms with Crippen molar-refractivity contribution in [1.82, 2.24) is 10.6 Å². The van der Waals surface area contributed by atoms with Gasteiger partial charge in [-0.25, -0.2) is 17.6 Å². The summed E-state index contributed by atoms with van der Waals surface area (Å²) in [6, 6.07) is 2.84. The van der Waals surface area contributed by atoms with E-state index in [9.17, 15) is 22.4 Å². The molecule has 3 atom stereocenters. The summed E-state index contributed by atoms with van der Waals surface area (Å²) in [7, 11) is -3.27. The summed E-state index contributed by atoms with van der Waals surface area (Å²) in [6.45, 7) is 0. The molecular weight excluding hydrogens is 385 g/mol. The molecule has 2 aliphatic rings. The fourth-order valence-electron chi connectivity index (χ4n) is 3.44. The first-order valence-electron chi connectivity index (χ1n) is 8.30. The Labute approximate surface area is 155 Å². The van der Waals surface area contributed by atoms with Gasteiger partial charge in [-0.3, -0.25) is 4.79 Å². The molecule has 0 aromatic heterocycles. The molecule has 26 heavy (non-hydrogen) atoms. The number of nitrogens with one attached hydrogen (secondary N) is 3. The number of urea groups is 1. The maximum atomic E-state index is 13.6. The van der Waals surface area contributed by atoms with Gasteiger partial charge in [-0.1, -0.05) is 18.0 Å². The summed E-state index contributed by atoms with van der Waals surface area (Å²) in [6.07, 6.45) is 1.49. The van der Waals surface area contributed by atoms with Crippen LogP contribution in [0.1, 0.15) is 25.7 Å². The van der Waals surface area contributed by atoms with Crippen molar-refractivity contribution in [2.45, 2.75) is 43.0 Å². The van der Waals surface area contributed by atoms with Gasteiger partial charge in [0.2, 0.25) is 5.91 Å². The minimum atomic E-state index is -3.27. The van der Waals surface area contributed by atoms with Crippen LogP contribution in [0.25, 0.3) is 0 Å². The lowest BCUT2D eigenvalue weighted by atomic mass is 10.0. The van der Waals surface area contributed by atoms with Gasteiger partial charge in [0.15, 0.2) is 9.84 Å². The van der Waals surface area contributed by atoms with Crippen molar-refractivity contribution in [3.8, 4) is 0 Å². The van der Waals surface area contributed by atoms with Crippen molar-refractivity contribution in [3.05, 3.63) is 29.0 Å². The van der Waals surface area contributed by atoms with Crippen LogP contribution in [-0.4, -0.2) is 43.4 Å². The van der Waals surface area contributed by atoms with Crippen LogP contribution in [0, 0.1) is 5.82 Å². The van der Waals surface area contributed by atoms with E-state index < -0.39 is 26.9 Å². The van der Waals surface area contributed by atoms with Crippen LogP contribution in [0.15, 0.2) is 18.2 Å². The second-order valence-electron chi connectivity index (χ2n) is 6.54. The molecule has 2 saturated heterocycles.